The zero-order chi connectivity index (χ0) is 17.4. The van der Waals surface area contributed by atoms with Crippen LogP contribution < -0.4 is 16.0 Å². The van der Waals surface area contributed by atoms with Crippen molar-refractivity contribution in [3.05, 3.63) is 29.8 Å². The van der Waals surface area contributed by atoms with Gasteiger partial charge in [-0.2, -0.15) is 0 Å². The quantitative estimate of drug-likeness (QED) is 0.409. The molecule has 0 aliphatic carbocycles. The number of anilines is 1. The van der Waals surface area contributed by atoms with Gasteiger partial charge >= 0.3 is 0 Å². The topological polar surface area (TPSA) is 65.5 Å². The van der Waals surface area contributed by atoms with Gasteiger partial charge in [0.05, 0.1) is 6.54 Å². The molecule has 0 saturated heterocycles. The van der Waals surface area contributed by atoms with Crippen LogP contribution in [0.4, 0.5) is 5.69 Å². The standard InChI is InChI=1S/C19H30N4O/c1-4-20-19(21-11-7-8-14(2)3)22-13-15-12-18(24)23-17-10-6-5-9-16(15)17/h5-6,9-10,14-15H,4,7-8,11-13H2,1-3H3,(H,23,24)(H2,20,21,22). The molecule has 2 rings (SSSR count). The Labute approximate surface area is 145 Å². The van der Waals surface area contributed by atoms with E-state index in [2.05, 4.69) is 42.8 Å². The number of benzene rings is 1. The molecule has 5 heteroatoms. The van der Waals surface area contributed by atoms with Crippen molar-refractivity contribution in [3.63, 3.8) is 0 Å². The summed E-state index contributed by atoms with van der Waals surface area (Å²) >= 11 is 0. The molecule has 1 atom stereocenters. The number of amides is 1. The van der Waals surface area contributed by atoms with Gasteiger partial charge in [0.15, 0.2) is 5.96 Å². The van der Waals surface area contributed by atoms with Gasteiger partial charge in [-0.3, -0.25) is 9.79 Å². The van der Waals surface area contributed by atoms with Crippen LogP contribution in [0.2, 0.25) is 0 Å². The number of fused-ring (bicyclic) bond motifs is 1. The molecule has 1 heterocycles. The summed E-state index contributed by atoms with van der Waals surface area (Å²) in [6, 6.07) is 8.00. The Kier molecular flexibility index (Phi) is 7.09. The maximum Gasteiger partial charge on any atom is 0.225 e. The van der Waals surface area contributed by atoms with Crippen LogP contribution in [0.15, 0.2) is 29.3 Å². The van der Waals surface area contributed by atoms with Crippen molar-refractivity contribution in [3.8, 4) is 0 Å². The summed E-state index contributed by atoms with van der Waals surface area (Å²) in [6.07, 6.45) is 2.84. The highest BCUT2D eigenvalue weighted by Gasteiger charge is 2.24. The van der Waals surface area contributed by atoms with Gasteiger partial charge in [-0.15, -0.1) is 0 Å². The third kappa shape index (κ3) is 5.55. The Bertz CT molecular complexity index is 568. The first-order chi connectivity index (χ1) is 11.6. The van der Waals surface area contributed by atoms with E-state index in [9.17, 15) is 4.79 Å². The first-order valence-electron chi connectivity index (χ1n) is 9.01. The lowest BCUT2D eigenvalue weighted by Gasteiger charge is -2.24. The Hall–Kier alpha value is -2.04. The summed E-state index contributed by atoms with van der Waals surface area (Å²) in [5.41, 5.74) is 2.10. The number of hydrogen-bond donors (Lipinski definition) is 3. The molecular weight excluding hydrogens is 300 g/mol. The summed E-state index contributed by atoms with van der Waals surface area (Å²) in [5, 5.41) is 9.61. The van der Waals surface area contributed by atoms with E-state index in [0.717, 1.165) is 37.1 Å². The molecule has 0 radical (unpaired) electrons. The summed E-state index contributed by atoms with van der Waals surface area (Å²) in [4.78, 5) is 16.6. The first-order valence-corrected chi connectivity index (χ1v) is 9.01. The Balaban J connectivity index is 1.96. The highest BCUT2D eigenvalue weighted by atomic mass is 16.1. The van der Waals surface area contributed by atoms with Crippen LogP contribution in [0.5, 0.6) is 0 Å². The third-order valence-corrected chi connectivity index (χ3v) is 4.17. The SMILES string of the molecule is CCNC(=NCC1CC(=O)Nc2ccccc21)NCCCC(C)C. The molecule has 0 bridgehead atoms. The van der Waals surface area contributed by atoms with Gasteiger partial charge in [-0.25, -0.2) is 0 Å². The van der Waals surface area contributed by atoms with Gasteiger partial charge in [0, 0.05) is 31.1 Å². The van der Waals surface area contributed by atoms with Crippen LogP contribution in [-0.4, -0.2) is 31.5 Å². The van der Waals surface area contributed by atoms with Crippen LogP contribution >= 0.6 is 0 Å². The van der Waals surface area contributed by atoms with E-state index in [1.807, 2.05) is 18.2 Å². The lowest BCUT2D eigenvalue weighted by molar-refractivity contribution is -0.116. The average Bonchev–Trinajstić information content (AvgIpc) is 2.55. The van der Waals surface area contributed by atoms with Crippen molar-refractivity contribution < 1.29 is 4.79 Å². The van der Waals surface area contributed by atoms with Gasteiger partial charge < -0.3 is 16.0 Å². The number of hydrogen-bond acceptors (Lipinski definition) is 2. The molecule has 0 aromatic heterocycles. The second-order valence-corrected chi connectivity index (χ2v) is 6.72. The van der Waals surface area contributed by atoms with E-state index in [-0.39, 0.29) is 11.8 Å². The van der Waals surface area contributed by atoms with Crippen molar-refractivity contribution in [1.82, 2.24) is 10.6 Å². The minimum atomic E-state index is 0.0730. The number of guanidine groups is 1. The molecule has 1 aromatic carbocycles. The number of para-hydroxylation sites is 1. The molecule has 1 aromatic rings. The minimum Gasteiger partial charge on any atom is -0.357 e. The number of nitrogens with zero attached hydrogens (tertiary/aromatic N) is 1. The zero-order valence-corrected chi connectivity index (χ0v) is 15.1. The number of aliphatic imine (C=N–C) groups is 1. The van der Waals surface area contributed by atoms with Crippen LogP contribution in [0.3, 0.4) is 0 Å². The lowest BCUT2D eigenvalue weighted by Crippen LogP contribution is -2.38. The van der Waals surface area contributed by atoms with Crippen LogP contribution in [0.25, 0.3) is 0 Å². The normalized spacial score (nSPS) is 17.4. The van der Waals surface area contributed by atoms with Gasteiger partial charge in [0.25, 0.3) is 0 Å². The van der Waals surface area contributed by atoms with Crippen LogP contribution in [0.1, 0.15) is 51.5 Å². The fourth-order valence-electron chi connectivity index (χ4n) is 2.93. The van der Waals surface area contributed by atoms with E-state index in [0.29, 0.717) is 13.0 Å². The summed E-state index contributed by atoms with van der Waals surface area (Å²) in [5.74, 6) is 1.78. The smallest absolute Gasteiger partial charge is 0.225 e. The Morgan fingerprint density at radius 3 is 2.88 bits per heavy atom. The molecule has 3 N–H and O–H groups in total. The molecule has 0 spiro atoms. The van der Waals surface area contributed by atoms with Crippen LogP contribution in [0, 0.1) is 5.92 Å². The highest BCUT2D eigenvalue weighted by molar-refractivity contribution is 5.94. The van der Waals surface area contributed by atoms with E-state index >= 15 is 0 Å². The van der Waals surface area contributed by atoms with Gasteiger partial charge in [-0.1, -0.05) is 32.0 Å². The van der Waals surface area contributed by atoms with Crippen molar-refractivity contribution in [2.24, 2.45) is 10.9 Å². The van der Waals surface area contributed by atoms with Crippen LogP contribution in [-0.2, 0) is 4.79 Å². The van der Waals surface area contributed by atoms with E-state index in [4.69, 9.17) is 4.99 Å². The molecule has 132 valence electrons. The largest absolute Gasteiger partial charge is 0.357 e. The molecule has 1 amide bonds. The molecule has 1 aliphatic rings. The first kappa shape index (κ1) is 18.3. The van der Waals surface area contributed by atoms with E-state index in [1.54, 1.807) is 0 Å². The fraction of sp³-hybridized carbons (Fsp3) is 0.579. The monoisotopic (exact) mass is 330 g/mol. The number of nitrogens with one attached hydrogen (secondary N) is 3. The molecule has 24 heavy (non-hydrogen) atoms. The molecular formula is C19H30N4O. The predicted octanol–water partition coefficient (Wildman–Crippen LogP) is 3.10. The van der Waals surface area contributed by atoms with Crippen molar-refractivity contribution >= 4 is 17.6 Å². The second kappa shape index (κ2) is 9.30. The molecule has 0 saturated carbocycles. The van der Waals surface area contributed by atoms with Gasteiger partial charge in [0.1, 0.15) is 0 Å². The number of carbonyl (C=O) groups excluding carboxylic acids is 1. The van der Waals surface area contributed by atoms with Gasteiger partial charge in [0.2, 0.25) is 5.91 Å². The maximum atomic E-state index is 11.9. The number of carbonyl (C=O) groups is 1. The van der Waals surface area contributed by atoms with Crippen molar-refractivity contribution in [1.29, 1.82) is 0 Å². The molecule has 1 unspecified atom stereocenters. The fourth-order valence-corrected chi connectivity index (χ4v) is 2.93. The maximum absolute atomic E-state index is 11.9. The number of rotatable bonds is 7. The third-order valence-electron chi connectivity index (χ3n) is 4.17. The highest BCUT2D eigenvalue weighted by Crippen LogP contribution is 2.31. The Morgan fingerprint density at radius 2 is 2.12 bits per heavy atom. The second-order valence-electron chi connectivity index (χ2n) is 6.72. The molecule has 0 fully saturated rings. The summed E-state index contributed by atoms with van der Waals surface area (Å²) < 4.78 is 0. The van der Waals surface area contributed by atoms with E-state index < -0.39 is 0 Å². The summed E-state index contributed by atoms with van der Waals surface area (Å²) in [7, 11) is 0. The average molecular weight is 330 g/mol. The Morgan fingerprint density at radius 1 is 1.33 bits per heavy atom. The lowest BCUT2D eigenvalue weighted by atomic mass is 9.91. The van der Waals surface area contributed by atoms with Crippen molar-refractivity contribution in [2.45, 2.75) is 46.0 Å². The van der Waals surface area contributed by atoms with E-state index in [1.165, 1.54) is 12.0 Å². The van der Waals surface area contributed by atoms with Gasteiger partial charge in [-0.05, 0) is 37.3 Å². The molecule has 5 nitrogen and oxygen atoms in total. The van der Waals surface area contributed by atoms with Crippen molar-refractivity contribution in [2.75, 3.05) is 25.0 Å². The summed E-state index contributed by atoms with van der Waals surface area (Å²) in [6.45, 7) is 8.91. The molecule has 1 aliphatic heterocycles. The zero-order valence-electron chi connectivity index (χ0n) is 15.1. The minimum absolute atomic E-state index is 0.0730. The predicted molar refractivity (Wildman–Crippen MR) is 100 cm³/mol.